The molecule has 0 saturated carbocycles. The molecule has 0 aliphatic heterocycles. The Labute approximate surface area is 141 Å². The summed E-state index contributed by atoms with van der Waals surface area (Å²) in [7, 11) is 0. The van der Waals surface area contributed by atoms with Gasteiger partial charge < -0.3 is 9.72 Å². The van der Waals surface area contributed by atoms with Gasteiger partial charge in [-0.3, -0.25) is 4.79 Å². The second-order valence-corrected chi connectivity index (χ2v) is 5.56. The van der Waals surface area contributed by atoms with E-state index in [9.17, 15) is 4.79 Å². The zero-order valence-electron chi connectivity index (χ0n) is 13.6. The molecule has 0 amide bonds. The van der Waals surface area contributed by atoms with Crippen molar-refractivity contribution >= 4 is 5.97 Å². The van der Waals surface area contributed by atoms with Gasteiger partial charge in [0.15, 0.2) is 0 Å². The maximum Gasteiger partial charge on any atom is 0.307 e. The minimum Gasteiger partial charge on any atom is -0.466 e. The molecule has 3 rings (SSSR count). The lowest BCUT2D eigenvalue weighted by molar-refractivity contribution is -0.144. The molecule has 122 valence electrons. The standard InChI is InChI=1S/C20H20N2O2/c1-2-24-18(23)15-20(19-21-13-14-22-19,16-9-5-3-6-10-16)17-11-7-4-8-12-17/h3-14H,2,15H2,1H3,(H,21,22). The van der Waals surface area contributed by atoms with Gasteiger partial charge in [0, 0.05) is 12.4 Å². The zero-order chi connectivity index (χ0) is 16.8. The minimum atomic E-state index is -0.710. The number of hydrogen-bond acceptors (Lipinski definition) is 3. The largest absolute Gasteiger partial charge is 0.466 e. The summed E-state index contributed by atoms with van der Waals surface area (Å²) >= 11 is 0. The van der Waals surface area contributed by atoms with Crippen LogP contribution in [0, 0.1) is 0 Å². The second kappa shape index (κ2) is 7.13. The molecule has 4 nitrogen and oxygen atoms in total. The number of hydrogen-bond donors (Lipinski definition) is 1. The first-order chi connectivity index (χ1) is 11.8. The topological polar surface area (TPSA) is 55.0 Å². The summed E-state index contributed by atoms with van der Waals surface area (Å²) in [5.74, 6) is 0.481. The Balaban J connectivity index is 2.22. The lowest BCUT2D eigenvalue weighted by atomic mass is 9.71. The molecule has 0 saturated heterocycles. The van der Waals surface area contributed by atoms with Crippen LogP contribution in [0.15, 0.2) is 73.1 Å². The monoisotopic (exact) mass is 320 g/mol. The Morgan fingerprint density at radius 1 is 1.04 bits per heavy atom. The van der Waals surface area contributed by atoms with E-state index < -0.39 is 5.41 Å². The Morgan fingerprint density at radius 2 is 1.62 bits per heavy atom. The third-order valence-electron chi connectivity index (χ3n) is 4.15. The van der Waals surface area contributed by atoms with Gasteiger partial charge in [0.1, 0.15) is 5.82 Å². The van der Waals surface area contributed by atoms with E-state index in [1.54, 1.807) is 12.4 Å². The van der Waals surface area contributed by atoms with Crippen molar-refractivity contribution < 1.29 is 9.53 Å². The van der Waals surface area contributed by atoms with Crippen molar-refractivity contribution in [2.75, 3.05) is 6.61 Å². The maximum atomic E-state index is 12.4. The highest BCUT2D eigenvalue weighted by atomic mass is 16.5. The highest BCUT2D eigenvalue weighted by molar-refractivity contribution is 5.74. The third-order valence-corrected chi connectivity index (χ3v) is 4.15. The van der Waals surface area contributed by atoms with E-state index in [0.29, 0.717) is 6.61 Å². The molecule has 0 atom stereocenters. The van der Waals surface area contributed by atoms with Crippen LogP contribution in [0.25, 0.3) is 0 Å². The Hall–Kier alpha value is -2.88. The van der Waals surface area contributed by atoms with Gasteiger partial charge in [-0.2, -0.15) is 0 Å². The number of nitrogens with one attached hydrogen (secondary N) is 1. The van der Waals surface area contributed by atoms with E-state index in [4.69, 9.17) is 4.74 Å². The zero-order valence-corrected chi connectivity index (χ0v) is 13.6. The quantitative estimate of drug-likeness (QED) is 0.705. The summed E-state index contributed by atoms with van der Waals surface area (Å²) in [6.45, 7) is 2.17. The summed E-state index contributed by atoms with van der Waals surface area (Å²) in [5.41, 5.74) is 1.29. The SMILES string of the molecule is CCOC(=O)CC(c1ccccc1)(c1ccccc1)c1ncc[nH]1. The van der Waals surface area contributed by atoms with E-state index >= 15 is 0 Å². The average Bonchev–Trinajstić information content (AvgIpc) is 3.16. The number of rotatable bonds is 6. The van der Waals surface area contributed by atoms with Gasteiger partial charge in [0.05, 0.1) is 18.4 Å². The number of aromatic nitrogens is 2. The van der Waals surface area contributed by atoms with Crippen LogP contribution in [-0.2, 0) is 14.9 Å². The highest BCUT2D eigenvalue weighted by Crippen LogP contribution is 2.40. The summed E-state index contributed by atoms with van der Waals surface area (Å²) < 4.78 is 5.26. The molecule has 24 heavy (non-hydrogen) atoms. The molecule has 0 bridgehead atoms. The number of carbonyl (C=O) groups excluding carboxylic acids is 1. The molecule has 4 heteroatoms. The van der Waals surface area contributed by atoms with E-state index in [1.165, 1.54) is 0 Å². The molecule has 1 heterocycles. The average molecular weight is 320 g/mol. The smallest absolute Gasteiger partial charge is 0.307 e. The van der Waals surface area contributed by atoms with E-state index in [1.807, 2.05) is 67.6 Å². The van der Waals surface area contributed by atoms with Gasteiger partial charge in [0.25, 0.3) is 0 Å². The van der Waals surface area contributed by atoms with Gasteiger partial charge in [-0.1, -0.05) is 60.7 Å². The predicted octanol–water partition coefficient (Wildman–Crippen LogP) is 3.70. The van der Waals surface area contributed by atoms with Gasteiger partial charge in [-0.25, -0.2) is 4.98 Å². The number of esters is 1. The fourth-order valence-electron chi connectivity index (χ4n) is 3.10. The summed E-state index contributed by atoms with van der Waals surface area (Å²) in [6, 6.07) is 19.9. The Bertz CT molecular complexity index is 728. The molecule has 0 spiro atoms. The van der Waals surface area contributed by atoms with Crippen LogP contribution in [0.2, 0.25) is 0 Å². The summed E-state index contributed by atoms with van der Waals surface area (Å²) in [5, 5.41) is 0. The number of ether oxygens (including phenoxy) is 1. The van der Waals surface area contributed by atoms with Crippen molar-refractivity contribution in [1.29, 1.82) is 0 Å². The van der Waals surface area contributed by atoms with Crippen LogP contribution in [0.1, 0.15) is 30.3 Å². The first kappa shape index (κ1) is 16.0. The number of benzene rings is 2. The van der Waals surface area contributed by atoms with Gasteiger partial charge in [-0.15, -0.1) is 0 Å². The fraction of sp³-hybridized carbons (Fsp3) is 0.200. The molecular formula is C20H20N2O2. The summed E-state index contributed by atoms with van der Waals surface area (Å²) in [6.07, 6.45) is 3.67. The maximum absolute atomic E-state index is 12.4. The number of carbonyl (C=O) groups is 1. The van der Waals surface area contributed by atoms with Crippen LogP contribution < -0.4 is 0 Å². The molecule has 1 aromatic heterocycles. The van der Waals surface area contributed by atoms with Gasteiger partial charge in [-0.05, 0) is 18.1 Å². The summed E-state index contributed by atoms with van der Waals surface area (Å²) in [4.78, 5) is 20.1. The molecule has 1 N–H and O–H groups in total. The first-order valence-corrected chi connectivity index (χ1v) is 8.04. The number of imidazole rings is 1. The molecule has 0 fully saturated rings. The van der Waals surface area contributed by atoms with Crippen molar-refractivity contribution in [3.63, 3.8) is 0 Å². The number of nitrogens with zero attached hydrogens (tertiary/aromatic N) is 1. The van der Waals surface area contributed by atoms with Crippen LogP contribution in [0.4, 0.5) is 0 Å². The van der Waals surface area contributed by atoms with Crippen LogP contribution in [-0.4, -0.2) is 22.5 Å². The van der Waals surface area contributed by atoms with Crippen molar-refractivity contribution in [3.8, 4) is 0 Å². The van der Waals surface area contributed by atoms with Gasteiger partial charge >= 0.3 is 5.97 Å². The van der Waals surface area contributed by atoms with Crippen molar-refractivity contribution in [3.05, 3.63) is 90.0 Å². The van der Waals surface area contributed by atoms with Crippen molar-refractivity contribution in [1.82, 2.24) is 9.97 Å². The Kier molecular flexibility index (Phi) is 4.75. The molecule has 0 aliphatic rings. The Morgan fingerprint density at radius 3 is 2.08 bits per heavy atom. The minimum absolute atomic E-state index is 0.183. The lowest BCUT2D eigenvalue weighted by Crippen LogP contribution is -2.34. The normalized spacial score (nSPS) is 11.2. The van der Waals surface area contributed by atoms with Crippen molar-refractivity contribution in [2.24, 2.45) is 0 Å². The predicted molar refractivity (Wildman–Crippen MR) is 92.6 cm³/mol. The van der Waals surface area contributed by atoms with Crippen LogP contribution in [0.5, 0.6) is 0 Å². The lowest BCUT2D eigenvalue weighted by Gasteiger charge is -2.32. The molecule has 0 radical (unpaired) electrons. The molecular weight excluding hydrogens is 300 g/mol. The highest BCUT2D eigenvalue weighted by Gasteiger charge is 2.41. The van der Waals surface area contributed by atoms with E-state index in [-0.39, 0.29) is 12.4 Å². The van der Waals surface area contributed by atoms with Crippen molar-refractivity contribution in [2.45, 2.75) is 18.8 Å². The molecule has 0 aliphatic carbocycles. The van der Waals surface area contributed by atoms with E-state index in [2.05, 4.69) is 9.97 Å². The molecule has 2 aromatic carbocycles. The number of H-pyrrole nitrogens is 1. The third kappa shape index (κ3) is 2.95. The van der Waals surface area contributed by atoms with E-state index in [0.717, 1.165) is 17.0 Å². The van der Waals surface area contributed by atoms with Gasteiger partial charge in [0.2, 0.25) is 0 Å². The first-order valence-electron chi connectivity index (χ1n) is 8.04. The number of aromatic amines is 1. The molecule has 0 unspecified atom stereocenters. The second-order valence-electron chi connectivity index (χ2n) is 5.56. The van der Waals surface area contributed by atoms with Crippen LogP contribution in [0.3, 0.4) is 0 Å². The molecule has 3 aromatic rings. The fourth-order valence-corrected chi connectivity index (χ4v) is 3.10. The van der Waals surface area contributed by atoms with Crippen LogP contribution >= 0.6 is 0 Å².